The van der Waals surface area contributed by atoms with Crippen LogP contribution in [0.3, 0.4) is 0 Å². The van der Waals surface area contributed by atoms with E-state index in [2.05, 4.69) is 4.98 Å². The molecule has 0 unspecified atom stereocenters. The fourth-order valence-corrected chi connectivity index (χ4v) is 2.66. The largest absolute Gasteiger partial charge is 0.507 e. The zero-order valence-electron chi connectivity index (χ0n) is 15.7. The summed E-state index contributed by atoms with van der Waals surface area (Å²) in [6, 6.07) is 15.0. The molecule has 29 heavy (non-hydrogen) atoms. The van der Waals surface area contributed by atoms with Crippen molar-refractivity contribution >= 4 is 11.8 Å². The second-order valence-corrected chi connectivity index (χ2v) is 6.13. The standard InChI is InChI=1S/C22H19NO6/c1-2-28-22(27)18-10-15(12-23-21(18)26)20(25)17-11-16(8-9-19(17)24)29-13-14-6-4-3-5-7-14/h3-12,24H,2,13H2,1H3,(H,23,26). The highest BCUT2D eigenvalue weighted by molar-refractivity contribution is 6.11. The third-order valence-corrected chi connectivity index (χ3v) is 4.12. The summed E-state index contributed by atoms with van der Waals surface area (Å²) in [5.41, 5.74) is 0.0200. The van der Waals surface area contributed by atoms with Crippen molar-refractivity contribution in [1.29, 1.82) is 0 Å². The summed E-state index contributed by atoms with van der Waals surface area (Å²) >= 11 is 0. The first-order valence-electron chi connectivity index (χ1n) is 8.94. The van der Waals surface area contributed by atoms with Gasteiger partial charge in [0, 0.05) is 11.8 Å². The van der Waals surface area contributed by atoms with E-state index in [0.717, 1.165) is 11.6 Å². The smallest absolute Gasteiger partial charge is 0.343 e. The highest BCUT2D eigenvalue weighted by Gasteiger charge is 2.19. The molecule has 2 aromatic carbocycles. The highest BCUT2D eigenvalue weighted by Crippen LogP contribution is 2.26. The molecule has 0 saturated heterocycles. The minimum atomic E-state index is -0.826. The molecule has 3 aromatic rings. The minimum absolute atomic E-state index is 0.0163. The third-order valence-electron chi connectivity index (χ3n) is 4.12. The van der Waals surface area contributed by atoms with E-state index in [0.29, 0.717) is 12.4 Å². The Bertz CT molecular complexity index is 1090. The van der Waals surface area contributed by atoms with Crippen molar-refractivity contribution in [3.63, 3.8) is 0 Å². The normalized spacial score (nSPS) is 10.4. The first-order chi connectivity index (χ1) is 14.0. The van der Waals surface area contributed by atoms with E-state index in [1.807, 2.05) is 30.3 Å². The number of aromatic amines is 1. The van der Waals surface area contributed by atoms with E-state index in [-0.39, 0.29) is 29.0 Å². The molecule has 3 rings (SSSR count). The Morgan fingerprint density at radius 2 is 1.79 bits per heavy atom. The Labute approximate surface area is 166 Å². The monoisotopic (exact) mass is 393 g/mol. The second-order valence-electron chi connectivity index (χ2n) is 6.13. The van der Waals surface area contributed by atoms with Gasteiger partial charge in [0.15, 0.2) is 5.78 Å². The van der Waals surface area contributed by atoms with Crippen molar-refractivity contribution in [2.75, 3.05) is 6.61 Å². The molecular weight excluding hydrogens is 374 g/mol. The molecule has 0 aliphatic carbocycles. The van der Waals surface area contributed by atoms with Crippen LogP contribution in [0.2, 0.25) is 0 Å². The lowest BCUT2D eigenvalue weighted by Crippen LogP contribution is -2.21. The fraction of sp³-hybridized carbons (Fsp3) is 0.136. The van der Waals surface area contributed by atoms with Crippen molar-refractivity contribution < 1.29 is 24.2 Å². The van der Waals surface area contributed by atoms with Crippen LogP contribution >= 0.6 is 0 Å². The Hall–Kier alpha value is -3.87. The van der Waals surface area contributed by atoms with E-state index in [1.165, 1.54) is 18.3 Å². The summed E-state index contributed by atoms with van der Waals surface area (Å²) in [4.78, 5) is 38.9. The van der Waals surface area contributed by atoms with Gasteiger partial charge in [0.25, 0.3) is 5.56 Å². The predicted molar refractivity (Wildman–Crippen MR) is 105 cm³/mol. The lowest BCUT2D eigenvalue weighted by Gasteiger charge is -2.10. The number of ketones is 1. The van der Waals surface area contributed by atoms with Crippen LogP contribution in [0, 0.1) is 0 Å². The Balaban J connectivity index is 1.86. The molecule has 0 spiro atoms. The summed E-state index contributed by atoms with van der Waals surface area (Å²) in [7, 11) is 0. The molecule has 7 heteroatoms. The number of hydrogen-bond acceptors (Lipinski definition) is 6. The van der Waals surface area contributed by atoms with Crippen LogP contribution in [0.1, 0.15) is 38.8 Å². The van der Waals surface area contributed by atoms with Gasteiger partial charge in [-0.05, 0) is 36.8 Å². The number of esters is 1. The first-order valence-corrected chi connectivity index (χ1v) is 8.94. The van der Waals surface area contributed by atoms with Gasteiger partial charge < -0.3 is 19.6 Å². The topological polar surface area (TPSA) is 106 Å². The molecule has 0 aliphatic heterocycles. The van der Waals surface area contributed by atoms with E-state index in [9.17, 15) is 19.5 Å². The van der Waals surface area contributed by atoms with Crippen molar-refractivity contribution in [3.8, 4) is 11.5 Å². The zero-order chi connectivity index (χ0) is 20.8. The van der Waals surface area contributed by atoms with Crippen molar-refractivity contribution in [2.45, 2.75) is 13.5 Å². The number of carbonyl (C=O) groups excluding carboxylic acids is 2. The van der Waals surface area contributed by atoms with Crippen LogP contribution in [0.15, 0.2) is 65.6 Å². The number of aromatic nitrogens is 1. The van der Waals surface area contributed by atoms with Crippen LogP contribution in [0.4, 0.5) is 0 Å². The Morgan fingerprint density at radius 3 is 2.52 bits per heavy atom. The predicted octanol–water partition coefficient (Wildman–Crippen LogP) is 3.07. The van der Waals surface area contributed by atoms with Gasteiger partial charge in [-0.1, -0.05) is 30.3 Å². The van der Waals surface area contributed by atoms with Crippen LogP contribution in [-0.2, 0) is 11.3 Å². The van der Waals surface area contributed by atoms with Gasteiger partial charge in [-0.25, -0.2) is 4.79 Å². The van der Waals surface area contributed by atoms with E-state index < -0.39 is 17.3 Å². The van der Waals surface area contributed by atoms with Crippen LogP contribution < -0.4 is 10.3 Å². The van der Waals surface area contributed by atoms with E-state index in [4.69, 9.17) is 9.47 Å². The third kappa shape index (κ3) is 4.70. The molecule has 0 bridgehead atoms. The maximum atomic E-state index is 12.8. The molecule has 2 N–H and O–H groups in total. The number of rotatable bonds is 7. The molecule has 0 aliphatic rings. The number of phenolic OH excluding ortho intramolecular Hbond substituents is 1. The number of nitrogens with one attached hydrogen (secondary N) is 1. The molecule has 7 nitrogen and oxygen atoms in total. The zero-order valence-corrected chi connectivity index (χ0v) is 15.7. The van der Waals surface area contributed by atoms with Gasteiger partial charge in [-0.2, -0.15) is 0 Å². The maximum absolute atomic E-state index is 12.8. The number of ether oxygens (including phenoxy) is 2. The lowest BCUT2D eigenvalue weighted by molar-refractivity contribution is 0.0524. The number of phenols is 1. The number of hydrogen-bond donors (Lipinski definition) is 2. The van der Waals surface area contributed by atoms with Crippen LogP contribution in [0.25, 0.3) is 0 Å². The molecule has 148 valence electrons. The maximum Gasteiger partial charge on any atom is 0.343 e. The van der Waals surface area contributed by atoms with Gasteiger partial charge in [0.1, 0.15) is 23.7 Å². The quantitative estimate of drug-likeness (QED) is 0.472. The van der Waals surface area contributed by atoms with Crippen molar-refractivity contribution in [3.05, 3.63) is 93.4 Å². The van der Waals surface area contributed by atoms with Gasteiger partial charge in [0.2, 0.25) is 0 Å². The summed E-state index contributed by atoms with van der Waals surface area (Å²) in [5.74, 6) is -1.25. The molecule has 1 heterocycles. The molecule has 0 radical (unpaired) electrons. The Kier molecular flexibility index (Phi) is 6.09. The first kappa shape index (κ1) is 19.9. The van der Waals surface area contributed by atoms with Gasteiger partial charge in [-0.3, -0.25) is 9.59 Å². The van der Waals surface area contributed by atoms with Gasteiger partial charge in [0.05, 0.1) is 12.2 Å². The van der Waals surface area contributed by atoms with Gasteiger partial charge >= 0.3 is 5.97 Å². The Morgan fingerprint density at radius 1 is 1.03 bits per heavy atom. The number of carbonyl (C=O) groups is 2. The molecule has 1 aromatic heterocycles. The average molecular weight is 393 g/mol. The highest BCUT2D eigenvalue weighted by atomic mass is 16.5. The number of benzene rings is 2. The second kappa shape index (κ2) is 8.88. The van der Waals surface area contributed by atoms with E-state index >= 15 is 0 Å². The lowest BCUT2D eigenvalue weighted by atomic mass is 10.0. The summed E-state index contributed by atoms with van der Waals surface area (Å²) in [6.45, 7) is 2.00. The molecule has 0 saturated carbocycles. The van der Waals surface area contributed by atoms with Crippen LogP contribution in [0.5, 0.6) is 11.5 Å². The number of H-pyrrole nitrogens is 1. The minimum Gasteiger partial charge on any atom is -0.507 e. The molecule has 0 amide bonds. The summed E-state index contributed by atoms with van der Waals surface area (Å²) in [6.07, 6.45) is 1.18. The molecule has 0 fully saturated rings. The summed E-state index contributed by atoms with van der Waals surface area (Å²) in [5, 5.41) is 10.1. The van der Waals surface area contributed by atoms with Crippen LogP contribution in [-0.4, -0.2) is 28.4 Å². The van der Waals surface area contributed by atoms with Crippen molar-refractivity contribution in [2.24, 2.45) is 0 Å². The number of aromatic hydroxyl groups is 1. The van der Waals surface area contributed by atoms with Gasteiger partial charge in [-0.15, -0.1) is 0 Å². The number of pyridine rings is 1. The SMILES string of the molecule is CCOC(=O)c1cc(C(=O)c2cc(OCc3ccccc3)ccc2O)c[nH]c1=O. The van der Waals surface area contributed by atoms with E-state index in [1.54, 1.807) is 13.0 Å². The summed E-state index contributed by atoms with van der Waals surface area (Å²) < 4.78 is 10.5. The molecular formula is C22H19NO6. The van der Waals surface area contributed by atoms with Crippen molar-refractivity contribution in [1.82, 2.24) is 4.98 Å². The molecule has 0 atom stereocenters. The average Bonchev–Trinajstić information content (AvgIpc) is 2.74. The fourth-order valence-electron chi connectivity index (χ4n) is 2.66.